The van der Waals surface area contributed by atoms with Gasteiger partial charge in [-0.05, 0) is 38.8 Å². The first kappa shape index (κ1) is 16.3. The van der Waals surface area contributed by atoms with E-state index in [0.717, 1.165) is 25.2 Å². The van der Waals surface area contributed by atoms with Crippen LogP contribution in [0.5, 0.6) is 0 Å². The Bertz CT molecular complexity index is 525. The summed E-state index contributed by atoms with van der Waals surface area (Å²) in [5.41, 5.74) is 5.99. The zero-order chi connectivity index (χ0) is 16.1. The third-order valence-corrected chi connectivity index (χ3v) is 4.19. The fraction of sp³-hybridized carbons (Fsp3) is 0.562. The minimum Gasteiger partial charge on any atom is -0.369 e. The van der Waals surface area contributed by atoms with Gasteiger partial charge in [0.05, 0.1) is 11.5 Å². The zero-order valence-corrected chi connectivity index (χ0v) is 13.3. The van der Waals surface area contributed by atoms with Crippen molar-refractivity contribution in [1.82, 2.24) is 9.88 Å². The number of rotatable bonds is 5. The van der Waals surface area contributed by atoms with Gasteiger partial charge in [-0.15, -0.1) is 0 Å². The molecule has 0 saturated carbocycles. The van der Waals surface area contributed by atoms with E-state index < -0.39 is 0 Å². The summed E-state index contributed by atoms with van der Waals surface area (Å²) >= 11 is 0. The molecule has 1 aromatic heterocycles. The van der Waals surface area contributed by atoms with Gasteiger partial charge in [0.15, 0.2) is 0 Å². The number of primary amides is 1. The maximum atomic E-state index is 12.2. The molecule has 1 aromatic rings. The molecule has 0 bridgehead atoms. The number of piperidine rings is 1. The number of amides is 2. The molecule has 0 aromatic carbocycles. The summed E-state index contributed by atoms with van der Waals surface area (Å²) in [5, 5.41) is 0. The van der Waals surface area contributed by atoms with E-state index in [0.29, 0.717) is 25.2 Å². The number of anilines is 1. The van der Waals surface area contributed by atoms with E-state index >= 15 is 0 Å². The fourth-order valence-electron chi connectivity index (χ4n) is 2.81. The molecule has 2 amide bonds. The van der Waals surface area contributed by atoms with Crippen LogP contribution in [0.4, 0.5) is 5.82 Å². The molecule has 6 heteroatoms. The molecule has 22 heavy (non-hydrogen) atoms. The zero-order valence-electron chi connectivity index (χ0n) is 13.3. The number of nitrogens with two attached hydrogens (primary N) is 1. The van der Waals surface area contributed by atoms with Crippen LogP contribution in [0.3, 0.4) is 0 Å². The lowest BCUT2D eigenvalue weighted by molar-refractivity contribution is -0.122. The Morgan fingerprint density at radius 2 is 2.09 bits per heavy atom. The average Bonchev–Trinajstić information content (AvgIpc) is 2.56. The summed E-state index contributed by atoms with van der Waals surface area (Å²) in [4.78, 5) is 31.8. The second-order valence-corrected chi connectivity index (χ2v) is 5.57. The van der Waals surface area contributed by atoms with Crippen LogP contribution in [0.15, 0.2) is 18.3 Å². The number of hydrogen-bond acceptors (Lipinski definition) is 4. The average molecular weight is 304 g/mol. The molecular formula is C16H24N4O2. The van der Waals surface area contributed by atoms with E-state index in [1.807, 2.05) is 19.9 Å². The molecule has 1 atom stereocenters. The van der Waals surface area contributed by atoms with Gasteiger partial charge in [0, 0.05) is 32.4 Å². The summed E-state index contributed by atoms with van der Waals surface area (Å²) in [6, 6.07) is 3.65. The third-order valence-electron chi connectivity index (χ3n) is 4.19. The van der Waals surface area contributed by atoms with Crippen LogP contribution in [-0.2, 0) is 4.79 Å². The maximum absolute atomic E-state index is 12.2. The normalized spacial score (nSPS) is 18.1. The Balaban J connectivity index is 2.08. The maximum Gasteiger partial charge on any atom is 0.255 e. The lowest BCUT2D eigenvalue weighted by Gasteiger charge is -2.32. The third kappa shape index (κ3) is 3.55. The molecule has 6 nitrogen and oxygen atoms in total. The molecule has 2 heterocycles. The summed E-state index contributed by atoms with van der Waals surface area (Å²) in [7, 11) is 0. The molecule has 0 aliphatic carbocycles. The second-order valence-electron chi connectivity index (χ2n) is 5.57. The molecule has 0 spiro atoms. The molecule has 1 saturated heterocycles. The van der Waals surface area contributed by atoms with Gasteiger partial charge in [0.25, 0.3) is 5.91 Å². The van der Waals surface area contributed by atoms with Crippen LogP contribution in [0.2, 0.25) is 0 Å². The van der Waals surface area contributed by atoms with E-state index in [2.05, 4.69) is 9.88 Å². The molecular weight excluding hydrogens is 280 g/mol. The van der Waals surface area contributed by atoms with Gasteiger partial charge >= 0.3 is 0 Å². The smallest absolute Gasteiger partial charge is 0.255 e. The summed E-state index contributed by atoms with van der Waals surface area (Å²) in [5.74, 6) is 0.422. The van der Waals surface area contributed by atoms with Crippen LogP contribution in [0.25, 0.3) is 0 Å². The highest BCUT2D eigenvalue weighted by atomic mass is 16.2. The van der Waals surface area contributed by atoms with Crippen LogP contribution in [0, 0.1) is 5.92 Å². The van der Waals surface area contributed by atoms with Gasteiger partial charge in [-0.2, -0.15) is 0 Å². The standard InChI is InChI=1S/C16H24N4O2/c1-3-19(4-2)16(22)12-7-8-14(18-10-12)20-9-5-6-13(11-20)15(17)21/h7-8,10,13H,3-6,9,11H2,1-2H3,(H2,17,21). The van der Waals surface area contributed by atoms with Crippen molar-refractivity contribution in [3.05, 3.63) is 23.9 Å². The highest BCUT2D eigenvalue weighted by Crippen LogP contribution is 2.21. The first-order chi connectivity index (χ1) is 10.6. The quantitative estimate of drug-likeness (QED) is 0.888. The van der Waals surface area contributed by atoms with Gasteiger partial charge in [0.1, 0.15) is 5.82 Å². The molecule has 0 radical (unpaired) electrons. The predicted octanol–water partition coefficient (Wildman–Crippen LogP) is 1.27. The highest BCUT2D eigenvalue weighted by Gasteiger charge is 2.25. The minimum absolute atomic E-state index is 0.00212. The summed E-state index contributed by atoms with van der Waals surface area (Å²) in [6.45, 7) is 6.75. The predicted molar refractivity (Wildman–Crippen MR) is 85.6 cm³/mol. The van der Waals surface area contributed by atoms with Gasteiger partial charge in [-0.25, -0.2) is 4.98 Å². The number of carbonyl (C=O) groups is 2. The van der Waals surface area contributed by atoms with Crippen molar-refractivity contribution in [3.63, 3.8) is 0 Å². The number of carbonyl (C=O) groups excluding carboxylic acids is 2. The van der Waals surface area contributed by atoms with E-state index in [1.165, 1.54) is 0 Å². The largest absolute Gasteiger partial charge is 0.369 e. The first-order valence-corrected chi connectivity index (χ1v) is 7.86. The monoisotopic (exact) mass is 304 g/mol. The molecule has 2 N–H and O–H groups in total. The van der Waals surface area contributed by atoms with E-state index in [4.69, 9.17) is 5.73 Å². The highest BCUT2D eigenvalue weighted by molar-refractivity contribution is 5.94. The molecule has 1 aliphatic heterocycles. The van der Waals surface area contributed by atoms with Crippen LogP contribution in [0.1, 0.15) is 37.0 Å². The van der Waals surface area contributed by atoms with Crippen LogP contribution in [-0.4, -0.2) is 47.9 Å². The first-order valence-electron chi connectivity index (χ1n) is 7.86. The van der Waals surface area contributed by atoms with Crippen molar-refractivity contribution in [2.45, 2.75) is 26.7 Å². The van der Waals surface area contributed by atoms with Crippen molar-refractivity contribution >= 4 is 17.6 Å². The van der Waals surface area contributed by atoms with Gasteiger partial charge < -0.3 is 15.5 Å². The molecule has 1 fully saturated rings. The van der Waals surface area contributed by atoms with Crippen LogP contribution >= 0.6 is 0 Å². The molecule has 2 rings (SSSR count). The van der Waals surface area contributed by atoms with Crippen molar-refractivity contribution in [2.24, 2.45) is 11.7 Å². The number of aromatic nitrogens is 1. The van der Waals surface area contributed by atoms with Crippen molar-refractivity contribution in [1.29, 1.82) is 0 Å². The Morgan fingerprint density at radius 1 is 1.36 bits per heavy atom. The Labute approximate surface area is 131 Å². The summed E-state index contributed by atoms with van der Waals surface area (Å²) in [6.07, 6.45) is 3.38. The van der Waals surface area contributed by atoms with Crippen molar-refractivity contribution in [3.8, 4) is 0 Å². The van der Waals surface area contributed by atoms with Gasteiger partial charge in [-0.3, -0.25) is 9.59 Å². The lowest BCUT2D eigenvalue weighted by atomic mass is 9.97. The lowest BCUT2D eigenvalue weighted by Crippen LogP contribution is -2.41. The summed E-state index contributed by atoms with van der Waals surface area (Å²) < 4.78 is 0. The Morgan fingerprint density at radius 3 is 2.64 bits per heavy atom. The van der Waals surface area contributed by atoms with Crippen molar-refractivity contribution in [2.75, 3.05) is 31.1 Å². The van der Waals surface area contributed by atoms with Crippen molar-refractivity contribution < 1.29 is 9.59 Å². The Hall–Kier alpha value is -2.11. The Kier molecular flexibility index (Phi) is 5.35. The van der Waals surface area contributed by atoms with Gasteiger partial charge in [0.2, 0.25) is 5.91 Å². The second kappa shape index (κ2) is 7.24. The topological polar surface area (TPSA) is 79.5 Å². The van der Waals surface area contributed by atoms with E-state index in [-0.39, 0.29) is 17.7 Å². The molecule has 1 aliphatic rings. The molecule has 120 valence electrons. The fourth-order valence-corrected chi connectivity index (χ4v) is 2.81. The van der Waals surface area contributed by atoms with Gasteiger partial charge in [-0.1, -0.05) is 0 Å². The number of nitrogens with zero attached hydrogens (tertiary/aromatic N) is 3. The SMILES string of the molecule is CCN(CC)C(=O)c1ccc(N2CCCC(C(N)=O)C2)nc1. The van der Waals surface area contributed by atoms with E-state index in [9.17, 15) is 9.59 Å². The number of hydrogen-bond donors (Lipinski definition) is 1. The van der Waals surface area contributed by atoms with E-state index in [1.54, 1.807) is 17.2 Å². The molecule has 1 unspecified atom stereocenters. The van der Waals surface area contributed by atoms with Crippen LogP contribution < -0.4 is 10.6 Å². The number of pyridine rings is 1. The minimum atomic E-state index is -0.252.